The molecule has 0 aliphatic carbocycles. The predicted octanol–water partition coefficient (Wildman–Crippen LogP) is 2.96. The zero-order valence-electron chi connectivity index (χ0n) is 18.1. The molecule has 8 heteroatoms. The maximum atomic E-state index is 11.9. The highest BCUT2D eigenvalue weighted by atomic mass is 127. The molecule has 1 aromatic carbocycles. The van der Waals surface area contributed by atoms with Gasteiger partial charge in [-0.25, -0.2) is 0 Å². The zero-order valence-corrected chi connectivity index (χ0v) is 20.4. The molecule has 0 aromatic heterocycles. The van der Waals surface area contributed by atoms with Crippen LogP contribution in [-0.2, 0) is 16.0 Å². The number of guanidine groups is 1. The second-order valence-electron chi connectivity index (χ2n) is 7.04. The third-order valence-corrected chi connectivity index (χ3v) is 5.08. The SMILES string of the molecule is CCNC(=NCCCc1ccc(OC)c(OC)c1)N1CC(C)C(C(=O)OC)C1.I. The van der Waals surface area contributed by atoms with Gasteiger partial charge in [-0.15, -0.1) is 24.0 Å². The van der Waals surface area contributed by atoms with Gasteiger partial charge in [-0.2, -0.15) is 0 Å². The number of benzene rings is 1. The van der Waals surface area contributed by atoms with Crippen molar-refractivity contribution in [2.75, 3.05) is 47.5 Å². The van der Waals surface area contributed by atoms with Crippen molar-refractivity contribution in [1.82, 2.24) is 10.2 Å². The van der Waals surface area contributed by atoms with Crippen molar-refractivity contribution in [2.45, 2.75) is 26.7 Å². The third-order valence-electron chi connectivity index (χ3n) is 5.08. The molecule has 164 valence electrons. The topological polar surface area (TPSA) is 72.4 Å². The number of nitrogens with one attached hydrogen (secondary N) is 1. The molecule has 2 atom stereocenters. The van der Waals surface area contributed by atoms with Crippen LogP contribution in [0.4, 0.5) is 0 Å². The van der Waals surface area contributed by atoms with Crippen LogP contribution in [0.25, 0.3) is 0 Å². The monoisotopic (exact) mass is 519 g/mol. The van der Waals surface area contributed by atoms with E-state index in [4.69, 9.17) is 19.2 Å². The summed E-state index contributed by atoms with van der Waals surface area (Å²) in [5.41, 5.74) is 1.19. The van der Waals surface area contributed by atoms with Gasteiger partial charge in [-0.05, 0) is 43.4 Å². The Morgan fingerprint density at radius 1 is 1.21 bits per heavy atom. The van der Waals surface area contributed by atoms with E-state index in [0.717, 1.165) is 43.4 Å². The number of methoxy groups -OCH3 is 3. The fraction of sp³-hybridized carbons (Fsp3) is 0.619. The Hall–Kier alpha value is -1.71. The van der Waals surface area contributed by atoms with Gasteiger partial charge in [-0.1, -0.05) is 13.0 Å². The van der Waals surface area contributed by atoms with E-state index in [0.29, 0.717) is 13.1 Å². The Morgan fingerprint density at radius 2 is 1.93 bits per heavy atom. The number of ether oxygens (including phenoxy) is 3. The zero-order chi connectivity index (χ0) is 20.5. The molecule has 0 radical (unpaired) electrons. The number of aliphatic imine (C=N–C) groups is 1. The summed E-state index contributed by atoms with van der Waals surface area (Å²) in [5.74, 6) is 2.37. The van der Waals surface area contributed by atoms with Gasteiger partial charge in [0.1, 0.15) is 0 Å². The van der Waals surface area contributed by atoms with Crippen molar-refractivity contribution < 1.29 is 19.0 Å². The lowest BCUT2D eigenvalue weighted by molar-refractivity contribution is -0.145. The first-order chi connectivity index (χ1) is 13.5. The lowest BCUT2D eigenvalue weighted by atomic mass is 9.99. The van der Waals surface area contributed by atoms with Crippen LogP contribution in [0.1, 0.15) is 25.8 Å². The molecule has 7 nitrogen and oxygen atoms in total. The van der Waals surface area contributed by atoms with Crippen LogP contribution in [0.5, 0.6) is 11.5 Å². The van der Waals surface area contributed by atoms with Gasteiger partial charge in [0.05, 0.1) is 27.2 Å². The molecule has 29 heavy (non-hydrogen) atoms. The third kappa shape index (κ3) is 6.94. The maximum Gasteiger partial charge on any atom is 0.310 e. The van der Waals surface area contributed by atoms with Crippen LogP contribution in [-0.4, -0.2) is 64.3 Å². The molecule has 1 aromatic rings. The van der Waals surface area contributed by atoms with Crippen LogP contribution in [0.2, 0.25) is 0 Å². The van der Waals surface area contributed by atoms with Gasteiger partial charge in [-0.3, -0.25) is 9.79 Å². The summed E-state index contributed by atoms with van der Waals surface area (Å²) < 4.78 is 15.6. The summed E-state index contributed by atoms with van der Waals surface area (Å²) in [6, 6.07) is 6.00. The number of halogens is 1. The fourth-order valence-electron chi connectivity index (χ4n) is 3.53. The molecule has 0 bridgehead atoms. The van der Waals surface area contributed by atoms with Gasteiger partial charge in [0.25, 0.3) is 0 Å². The van der Waals surface area contributed by atoms with Crippen LogP contribution in [0.15, 0.2) is 23.2 Å². The van der Waals surface area contributed by atoms with Crippen molar-refractivity contribution in [3.8, 4) is 11.5 Å². The molecule has 1 aliphatic heterocycles. The lowest BCUT2D eigenvalue weighted by Crippen LogP contribution is -2.40. The number of likely N-dealkylation sites (tertiary alicyclic amines) is 1. The van der Waals surface area contributed by atoms with Gasteiger partial charge in [0.15, 0.2) is 17.5 Å². The Morgan fingerprint density at radius 3 is 2.55 bits per heavy atom. The molecule has 2 unspecified atom stereocenters. The summed E-state index contributed by atoms with van der Waals surface area (Å²) in [4.78, 5) is 18.9. The first-order valence-corrected chi connectivity index (χ1v) is 9.86. The average Bonchev–Trinajstić information content (AvgIpc) is 3.10. The molecule has 0 amide bonds. The van der Waals surface area contributed by atoms with E-state index in [9.17, 15) is 4.79 Å². The highest BCUT2D eigenvalue weighted by molar-refractivity contribution is 14.0. The van der Waals surface area contributed by atoms with Gasteiger partial charge >= 0.3 is 5.97 Å². The molecular formula is C21H34IN3O4. The molecular weight excluding hydrogens is 485 g/mol. The number of hydrogen-bond acceptors (Lipinski definition) is 5. The summed E-state index contributed by atoms with van der Waals surface area (Å²) in [6.07, 6.45) is 1.83. The Bertz CT molecular complexity index is 684. The smallest absolute Gasteiger partial charge is 0.310 e. The van der Waals surface area contributed by atoms with Crippen LogP contribution in [0.3, 0.4) is 0 Å². The second kappa shape index (κ2) is 12.8. The van der Waals surface area contributed by atoms with E-state index in [1.165, 1.54) is 12.7 Å². The van der Waals surface area contributed by atoms with Gasteiger partial charge in [0, 0.05) is 26.2 Å². The summed E-state index contributed by atoms with van der Waals surface area (Å²) in [5, 5.41) is 3.34. The molecule has 0 spiro atoms. The highest BCUT2D eigenvalue weighted by Gasteiger charge is 2.36. The standard InChI is InChI=1S/C21H33N3O4.HI/c1-6-22-21(24-13-15(2)17(14-24)20(25)28-5)23-11-7-8-16-9-10-18(26-3)19(12-16)27-4;/h9-10,12,15,17H,6-8,11,13-14H2,1-5H3,(H,22,23);1H. The minimum Gasteiger partial charge on any atom is -0.493 e. The van der Waals surface area contributed by atoms with E-state index in [1.54, 1.807) is 14.2 Å². The number of esters is 1. The molecule has 1 saturated heterocycles. The van der Waals surface area contributed by atoms with Crippen molar-refractivity contribution in [3.63, 3.8) is 0 Å². The quantitative estimate of drug-likeness (QED) is 0.187. The van der Waals surface area contributed by atoms with Crippen molar-refractivity contribution >= 4 is 35.9 Å². The minimum atomic E-state index is -0.140. The van der Waals surface area contributed by atoms with Crippen LogP contribution >= 0.6 is 24.0 Å². The van der Waals surface area contributed by atoms with Crippen LogP contribution in [0, 0.1) is 11.8 Å². The van der Waals surface area contributed by atoms with E-state index in [1.807, 2.05) is 12.1 Å². The van der Waals surface area contributed by atoms with Crippen molar-refractivity contribution in [3.05, 3.63) is 23.8 Å². The van der Waals surface area contributed by atoms with Crippen LogP contribution < -0.4 is 14.8 Å². The highest BCUT2D eigenvalue weighted by Crippen LogP contribution is 2.28. The Labute approximate surface area is 191 Å². The van der Waals surface area contributed by atoms with Crippen molar-refractivity contribution in [1.29, 1.82) is 0 Å². The number of nitrogens with zero attached hydrogens (tertiary/aromatic N) is 2. The molecule has 1 heterocycles. The predicted molar refractivity (Wildman–Crippen MR) is 126 cm³/mol. The first-order valence-electron chi connectivity index (χ1n) is 9.86. The average molecular weight is 519 g/mol. The van der Waals surface area contributed by atoms with E-state index in [-0.39, 0.29) is 41.8 Å². The molecule has 1 fully saturated rings. The van der Waals surface area contributed by atoms with E-state index in [2.05, 4.69) is 30.1 Å². The largest absolute Gasteiger partial charge is 0.493 e. The maximum absolute atomic E-state index is 11.9. The van der Waals surface area contributed by atoms with E-state index >= 15 is 0 Å². The Balaban J connectivity index is 0.00000420. The molecule has 1 N–H and O–H groups in total. The number of carbonyl (C=O) groups excluding carboxylic acids is 1. The van der Waals surface area contributed by atoms with Gasteiger partial charge < -0.3 is 24.4 Å². The normalized spacial score (nSPS) is 18.8. The second-order valence-corrected chi connectivity index (χ2v) is 7.04. The van der Waals surface area contributed by atoms with E-state index < -0.39 is 0 Å². The number of hydrogen-bond donors (Lipinski definition) is 1. The minimum absolute atomic E-state index is 0. The summed E-state index contributed by atoms with van der Waals surface area (Å²) >= 11 is 0. The number of carbonyl (C=O) groups is 1. The van der Waals surface area contributed by atoms with Gasteiger partial charge in [0.2, 0.25) is 0 Å². The molecule has 2 rings (SSSR count). The summed E-state index contributed by atoms with van der Waals surface area (Å²) in [7, 11) is 4.73. The number of rotatable bonds is 8. The molecule has 0 saturated carbocycles. The summed E-state index contributed by atoms with van der Waals surface area (Å²) in [6.45, 7) is 7.10. The number of aryl methyl sites for hydroxylation is 1. The fourth-order valence-corrected chi connectivity index (χ4v) is 3.53. The van der Waals surface area contributed by atoms with Crippen molar-refractivity contribution in [2.24, 2.45) is 16.8 Å². The molecule has 1 aliphatic rings. The first kappa shape index (κ1) is 25.3. The lowest BCUT2D eigenvalue weighted by Gasteiger charge is -2.21. The Kier molecular flexibility index (Phi) is 11.2.